The number of aldehydes is 2. The smallest absolute Gasteiger partial charge is 0.150 e. The Morgan fingerprint density at radius 3 is 1.10 bits per heavy atom. The van der Waals surface area contributed by atoms with Crippen LogP contribution < -0.4 is 9.80 Å². The van der Waals surface area contributed by atoms with Crippen LogP contribution in [0.5, 0.6) is 0 Å². The van der Waals surface area contributed by atoms with Crippen LogP contribution in [0.2, 0.25) is 0 Å². The molecule has 2 aromatic carbocycles. The van der Waals surface area contributed by atoms with E-state index in [-0.39, 0.29) is 0 Å². The van der Waals surface area contributed by atoms with Crippen molar-refractivity contribution < 1.29 is 44.5 Å². The fourth-order valence-corrected chi connectivity index (χ4v) is 6.93. The molecule has 0 atom stereocenters. The summed E-state index contributed by atoms with van der Waals surface area (Å²) in [5, 5.41) is 0. The number of rotatable bonds is 21. The van der Waals surface area contributed by atoms with Gasteiger partial charge in [-0.15, -0.1) is 0 Å². The molecular weight excluding hydrogens is 721 g/mol. The highest BCUT2D eigenvalue weighted by atomic mass is 33.1. The third kappa shape index (κ3) is 28.5. The second-order valence-electron chi connectivity index (χ2n) is 13.5. The van der Waals surface area contributed by atoms with Gasteiger partial charge in [-0.05, 0) is 48.5 Å². The third-order valence-corrected chi connectivity index (χ3v) is 10.1. The SMILES string of the molecule is CN(CCC[N+](C)(C)CCCSSCCC[N+](C)(C)CCCN(C)c1ccc(C=O)cc1)c1ccc(C=O)cc1.CS(=O)(=O)[O-].CS(=O)(=O)[O-]. The molecule has 0 aliphatic rings. The van der Waals surface area contributed by atoms with Gasteiger partial charge in [-0.3, -0.25) is 9.59 Å². The Balaban J connectivity index is 0.00000210. The lowest BCUT2D eigenvalue weighted by molar-refractivity contribution is -0.890. The van der Waals surface area contributed by atoms with Crippen LogP contribution in [-0.4, -0.2) is 153 Å². The van der Waals surface area contributed by atoms with E-state index in [4.69, 9.17) is 25.9 Å². The van der Waals surface area contributed by atoms with E-state index in [0.717, 1.165) is 70.0 Å². The first-order valence-corrected chi connectivity index (χ1v) is 22.4. The van der Waals surface area contributed by atoms with E-state index in [0.29, 0.717) is 12.5 Å². The Bertz CT molecular complexity index is 1330. The summed E-state index contributed by atoms with van der Waals surface area (Å²) < 4.78 is 56.6. The van der Waals surface area contributed by atoms with Crippen molar-refractivity contribution in [2.75, 3.05) is 115 Å². The van der Waals surface area contributed by atoms with Crippen molar-refractivity contribution >= 4 is 65.8 Å². The van der Waals surface area contributed by atoms with Crippen molar-refractivity contribution in [2.24, 2.45) is 0 Å². The zero-order valence-electron chi connectivity index (χ0n) is 30.9. The van der Waals surface area contributed by atoms with Crippen molar-refractivity contribution in [3.05, 3.63) is 59.7 Å². The van der Waals surface area contributed by atoms with Gasteiger partial charge in [0.05, 0.1) is 74.6 Å². The summed E-state index contributed by atoms with van der Waals surface area (Å²) in [4.78, 5) is 26.2. The normalized spacial score (nSPS) is 11.8. The van der Waals surface area contributed by atoms with Gasteiger partial charge in [0.1, 0.15) is 12.6 Å². The van der Waals surface area contributed by atoms with Gasteiger partial charge in [0.15, 0.2) is 0 Å². The lowest BCUT2D eigenvalue weighted by Crippen LogP contribution is -2.42. The van der Waals surface area contributed by atoms with Crippen LogP contribution in [0, 0.1) is 0 Å². The Kier molecular flexibility index (Phi) is 23.1. The number of carbonyl (C=O) groups is 2. The first kappa shape index (κ1) is 47.8. The van der Waals surface area contributed by atoms with E-state index in [1.807, 2.05) is 70.1 Å². The van der Waals surface area contributed by atoms with Crippen LogP contribution in [0.1, 0.15) is 46.4 Å². The zero-order valence-corrected chi connectivity index (χ0v) is 34.2. The second-order valence-corrected chi connectivity index (χ2v) is 19.0. The zero-order chi connectivity index (χ0) is 38.4. The minimum Gasteiger partial charge on any atom is -0.748 e. The van der Waals surface area contributed by atoms with Crippen LogP contribution in [-0.2, 0) is 20.2 Å². The molecule has 0 amide bonds. The van der Waals surface area contributed by atoms with E-state index in [1.165, 1.54) is 50.5 Å². The molecule has 12 nitrogen and oxygen atoms in total. The minimum absolute atomic E-state index is 0.604. The Hall–Kier alpha value is -2.18. The van der Waals surface area contributed by atoms with E-state index >= 15 is 0 Å². The summed E-state index contributed by atoms with van der Waals surface area (Å²) in [6, 6.07) is 15.6. The van der Waals surface area contributed by atoms with Crippen molar-refractivity contribution in [1.82, 2.24) is 0 Å². The summed E-state index contributed by atoms with van der Waals surface area (Å²) in [6.07, 6.45) is 7.80. The van der Waals surface area contributed by atoms with Gasteiger partial charge in [0.25, 0.3) is 0 Å². The minimum atomic E-state index is -3.92. The maximum atomic E-state index is 10.8. The maximum Gasteiger partial charge on any atom is 0.150 e. The van der Waals surface area contributed by atoms with Crippen molar-refractivity contribution in [2.45, 2.75) is 25.7 Å². The predicted molar refractivity (Wildman–Crippen MR) is 209 cm³/mol. The number of hydrogen-bond acceptors (Lipinski definition) is 12. The molecule has 0 fully saturated rings. The molecule has 0 saturated carbocycles. The molecule has 0 heterocycles. The van der Waals surface area contributed by atoms with Crippen molar-refractivity contribution in [1.29, 1.82) is 0 Å². The summed E-state index contributed by atoms with van der Waals surface area (Å²) >= 11 is 0. The molecule has 50 heavy (non-hydrogen) atoms. The lowest BCUT2D eigenvalue weighted by Gasteiger charge is -2.31. The van der Waals surface area contributed by atoms with Crippen LogP contribution in [0.15, 0.2) is 48.5 Å². The second kappa shape index (κ2) is 24.1. The topological polar surface area (TPSA) is 155 Å². The molecule has 0 spiro atoms. The van der Waals surface area contributed by atoms with Gasteiger partial charge in [-0.1, -0.05) is 21.6 Å². The van der Waals surface area contributed by atoms with E-state index in [2.05, 4.69) is 52.1 Å². The molecule has 16 heteroatoms. The molecular formula is C34H58N4O8S4. The molecule has 0 aliphatic heterocycles. The Morgan fingerprint density at radius 1 is 0.580 bits per heavy atom. The molecule has 0 saturated heterocycles. The van der Waals surface area contributed by atoms with Crippen molar-refractivity contribution in [3.63, 3.8) is 0 Å². The fraction of sp³-hybridized carbons (Fsp3) is 0.588. The van der Waals surface area contributed by atoms with Gasteiger partial charge >= 0.3 is 0 Å². The van der Waals surface area contributed by atoms with Crippen LogP contribution in [0.25, 0.3) is 0 Å². The van der Waals surface area contributed by atoms with Gasteiger partial charge in [-0.25, -0.2) is 16.8 Å². The maximum absolute atomic E-state index is 10.8. The standard InChI is InChI=1S/C32H52N4O2S2.2CH4O3S/c1-33(31-15-11-29(27-37)12-16-31)19-7-21-35(3,4)23-9-25-39-40-26-10-24-36(5,6)22-8-20-34(2)32-17-13-30(28-38)14-18-32;2*1-5(2,3)4/h11-18,27-28H,7-10,19-26H2,1-6H3;2*1H3,(H,2,3,4)/q+2;;/p-2. The summed E-state index contributed by atoms with van der Waals surface area (Å²) in [6.45, 7) is 6.81. The van der Waals surface area contributed by atoms with Crippen LogP contribution in [0.3, 0.4) is 0 Å². The average molecular weight is 779 g/mol. The van der Waals surface area contributed by atoms with Crippen molar-refractivity contribution in [3.8, 4) is 0 Å². The van der Waals surface area contributed by atoms with E-state index in [9.17, 15) is 9.59 Å². The first-order valence-electron chi connectivity index (χ1n) is 16.3. The van der Waals surface area contributed by atoms with Gasteiger partial charge < -0.3 is 27.9 Å². The molecule has 286 valence electrons. The number of nitrogens with zero attached hydrogens (tertiary/aromatic N) is 4. The quantitative estimate of drug-likeness (QED) is 0.0584. The molecule has 0 radical (unpaired) electrons. The number of carbonyl (C=O) groups excluding carboxylic acids is 2. The van der Waals surface area contributed by atoms with E-state index in [1.54, 1.807) is 0 Å². The first-order chi connectivity index (χ1) is 23.0. The monoisotopic (exact) mass is 778 g/mol. The number of quaternary nitrogens is 2. The average Bonchev–Trinajstić information content (AvgIpc) is 3.00. The fourth-order valence-electron chi connectivity index (χ4n) is 4.79. The highest BCUT2D eigenvalue weighted by Crippen LogP contribution is 2.24. The molecule has 0 N–H and O–H groups in total. The van der Waals surface area contributed by atoms with Crippen LogP contribution >= 0.6 is 21.6 Å². The van der Waals surface area contributed by atoms with Crippen LogP contribution in [0.4, 0.5) is 11.4 Å². The Labute approximate surface area is 309 Å². The molecule has 0 unspecified atom stereocenters. The molecule has 0 aromatic heterocycles. The number of hydrogen-bond donors (Lipinski definition) is 0. The Morgan fingerprint density at radius 2 is 0.840 bits per heavy atom. The molecule has 2 rings (SSSR count). The lowest BCUT2D eigenvalue weighted by atomic mass is 10.2. The third-order valence-electron chi connectivity index (χ3n) is 7.52. The molecule has 0 bridgehead atoms. The summed E-state index contributed by atoms with van der Waals surface area (Å²) in [7, 11) is 9.87. The number of benzene rings is 2. The van der Waals surface area contributed by atoms with Gasteiger partial charge in [0.2, 0.25) is 0 Å². The van der Waals surface area contributed by atoms with Gasteiger partial charge in [0, 0.05) is 99.4 Å². The summed E-state index contributed by atoms with van der Waals surface area (Å²) in [5.41, 5.74) is 3.78. The van der Waals surface area contributed by atoms with Gasteiger partial charge in [-0.2, -0.15) is 0 Å². The largest absolute Gasteiger partial charge is 0.748 e. The highest BCUT2D eigenvalue weighted by Gasteiger charge is 2.16. The highest BCUT2D eigenvalue weighted by molar-refractivity contribution is 8.76. The number of anilines is 2. The predicted octanol–water partition coefficient (Wildman–Crippen LogP) is 4.30. The summed E-state index contributed by atoms with van der Waals surface area (Å²) in [5.74, 6) is 2.43. The molecule has 0 aliphatic carbocycles. The molecule has 2 aromatic rings. The van der Waals surface area contributed by atoms with E-state index < -0.39 is 20.2 Å².